The van der Waals surface area contributed by atoms with Crippen LogP contribution in [0.2, 0.25) is 0 Å². The van der Waals surface area contributed by atoms with Crippen LogP contribution in [0.4, 0.5) is 20.3 Å². The van der Waals surface area contributed by atoms with Gasteiger partial charge in [0.1, 0.15) is 17.4 Å². The smallest absolute Gasteiger partial charge is 0.329 e. The minimum absolute atomic E-state index is 0.00970. The number of alkyl halides is 2. The number of carbonyl (C=O) groups excluding carboxylic acids is 3. The lowest BCUT2D eigenvalue weighted by Gasteiger charge is -2.37. The molecule has 3 amide bonds. The molecule has 0 spiro atoms. The number of hydrogen-bond acceptors (Lipinski definition) is 10. The number of aromatic nitrogens is 7. The molecule has 3 atom stereocenters. The van der Waals surface area contributed by atoms with E-state index in [2.05, 4.69) is 49.4 Å². The lowest BCUT2D eigenvalue weighted by atomic mass is 9.85. The Labute approximate surface area is 369 Å². The van der Waals surface area contributed by atoms with Crippen LogP contribution in [-0.4, -0.2) is 101 Å². The summed E-state index contributed by atoms with van der Waals surface area (Å²) in [4.78, 5) is 60.7. The zero-order chi connectivity index (χ0) is 44.6. The number of piperidine rings is 2. The Kier molecular flexibility index (Phi) is 12.4. The molecule has 1 aromatic carbocycles. The van der Waals surface area contributed by atoms with Crippen molar-refractivity contribution in [1.82, 2.24) is 43.7 Å². The zero-order valence-electron chi connectivity index (χ0n) is 36.5. The molecule has 1 saturated carbocycles. The zero-order valence-corrected chi connectivity index (χ0v) is 36.5. The fraction of sp³-hybridized carbons (Fsp3) is 0.543. The van der Waals surface area contributed by atoms with Gasteiger partial charge in [0.15, 0.2) is 11.3 Å². The van der Waals surface area contributed by atoms with Gasteiger partial charge < -0.3 is 19.9 Å². The normalized spacial score (nSPS) is 23.7. The number of imidazole rings is 1. The van der Waals surface area contributed by atoms with E-state index < -0.39 is 30.0 Å². The number of anilines is 2. The van der Waals surface area contributed by atoms with Crippen molar-refractivity contribution in [3.63, 3.8) is 0 Å². The number of morpholine rings is 1. The largest absolute Gasteiger partial charge is 0.372 e. The summed E-state index contributed by atoms with van der Waals surface area (Å²) in [7, 11) is 1.69. The second-order valence-corrected chi connectivity index (χ2v) is 17.9. The number of nitrogens with zero attached hydrogens (tertiary/aromatic N) is 9. The van der Waals surface area contributed by atoms with Crippen LogP contribution in [0.25, 0.3) is 16.7 Å². The van der Waals surface area contributed by atoms with E-state index in [1.165, 1.54) is 19.8 Å². The van der Waals surface area contributed by atoms with Crippen LogP contribution >= 0.6 is 0 Å². The Morgan fingerprint density at radius 3 is 2.58 bits per heavy atom. The molecule has 18 heteroatoms. The van der Waals surface area contributed by atoms with E-state index in [4.69, 9.17) is 9.72 Å². The van der Waals surface area contributed by atoms with Crippen LogP contribution in [-0.2, 0) is 21.4 Å². The Hall–Kier alpha value is -5.93. The van der Waals surface area contributed by atoms with E-state index >= 15 is 0 Å². The van der Waals surface area contributed by atoms with Gasteiger partial charge >= 0.3 is 5.69 Å². The fourth-order valence-corrected chi connectivity index (χ4v) is 10.1. The molecule has 64 heavy (non-hydrogen) atoms. The second kappa shape index (κ2) is 18.3. The molecule has 0 bridgehead atoms. The molecule has 4 aliphatic rings. The number of para-hydroxylation sites is 1. The summed E-state index contributed by atoms with van der Waals surface area (Å²) < 4.78 is 40.9. The first-order chi connectivity index (χ1) is 30.9. The number of likely N-dealkylation sites (tertiary alicyclic amines) is 1. The molecule has 338 valence electrons. The lowest BCUT2D eigenvalue weighted by molar-refractivity contribution is -0.135. The van der Waals surface area contributed by atoms with E-state index in [1.807, 2.05) is 31.2 Å². The minimum atomic E-state index is -2.87. The predicted molar refractivity (Wildman–Crippen MR) is 235 cm³/mol. The fourth-order valence-electron chi connectivity index (χ4n) is 10.1. The Morgan fingerprint density at radius 2 is 1.83 bits per heavy atom. The summed E-state index contributed by atoms with van der Waals surface area (Å²) in [6, 6.07) is 6.63. The summed E-state index contributed by atoms with van der Waals surface area (Å²) in [6.07, 6.45) is 9.62. The highest BCUT2D eigenvalue weighted by atomic mass is 19.3. The average Bonchev–Trinajstić information content (AvgIpc) is 3.98. The van der Waals surface area contributed by atoms with Crippen molar-refractivity contribution < 1.29 is 27.9 Å². The number of amides is 3. The van der Waals surface area contributed by atoms with Crippen LogP contribution in [0, 0.1) is 23.7 Å². The Morgan fingerprint density at radius 1 is 1.03 bits per heavy atom. The van der Waals surface area contributed by atoms with E-state index in [9.17, 15) is 28.0 Å². The minimum Gasteiger partial charge on any atom is -0.372 e. The van der Waals surface area contributed by atoms with Crippen molar-refractivity contribution in [1.29, 1.82) is 0 Å². The number of benzene rings is 1. The number of carbonyl (C=O) groups is 3. The van der Waals surface area contributed by atoms with Gasteiger partial charge in [-0.05, 0) is 101 Å². The van der Waals surface area contributed by atoms with Gasteiger partial charge in [0.25, 0.3) is 12.3 Å². The highest BCUT2D eigenvalue weighted by molar-refractivity contribution is 6.08. The van der Waals surface area contributed by atoms with Gasteiger partial charge in [0.2, 0.25) is 11.8 Å². The van der Waals surface area contributed by atoms with E-state index in [1.54, 1.807) is 24.1 Å². The van der Waals surface area contributed by atoms with Crippen LogP contribution in [0.5, 0.6) is 0 Å². The number of imide groups is 1. The molecule has 4 fully saturated rings. The molecule has 3 aliphatic heterocycles. The topological polar surface area (TPSA) is 166 Å². The summed E-state index contributed by atoms with van der Waals surface area (Å²) in [5.41, 5.74) is 1.79. The number of rotatable bonds is 10. The standard InChI is InChI=1S/C46H55F2N11O5/c1-4-33-26-56(24-28(2)64-33)38-19-22-57-43(51-38)34(23-49-57)44(61)50-35-27-58(53-40(35)42(47)48)32-13-11-30(12-14-32)25-55-20-17-29(18-21-55)7-5-8-31-9-6-10-36-41(31)54(3)46(63)59(36)37-15-16-39(60)52-45(37)62/h6,9-10,19,22-23,27-30,32-33,37,42H,4,7,11-18,20-21,24-26H2,1-3H3,(H,50,61)(H,52,60,62)/t28-,30-,32-,33+,37?/m0/s1. The first-order valence-electron chi connectivity index (χ1n) is 22.6. The molecule has 1 aliphatic carbocycles. The van der Waals surface area contributed by atoms with Crippen molar-refractivity contribution in [2.45, 2.75) is 109 Å². The maximum Gasteiger partial charge on any atom is 0.329 e. The third-order valence-electron chi connectivity index (χ3n) is 13.6. The molecule has 9 rings (SSSR count). The highest BCUT2D eigenvalue weighted by Gasteiger charge is 2.33. The first kappa shape index (κ1) is 43.3. The van der Waals surface area contributed by atoms with Crippen LogP contribution in [0.15, 0.2) is 47.7 Å². The molecule has 16 nitrogen and oxygen atoms in total. The van der Waals surface area contributed by atoms with Gasteiger partial charge in [0.05, 0.1) is 46.7 Å². The molecular weight excluding hydrogens is 825 g/mol. The van der Waals surface area contributed by atoms with E-state index in [0.29, 0.717) is 47.4 Å². The highest BCUT2D eigenvalue weighted by Crippen LogP contribution is 2.36. The van der Waals surface area contributed by atoms with Gasteiger partial charge in [-0.1, -0.05) is 24.8 Å². The van der Waals surface area contributed by atoms with Crippen LogP contribution in [0.1, 0.15) is 118 Å². The quantitative estimate of drug-likeness (QED) is 0.133. The van der Waals surface area contributed by atoms with Crippen molar-refractivity contribution in [2.75, 3.05) is 42.9 Å². The van der Waals surface area contributed by atoms with Gasteiger partial charge in [0, 0.05) is 51.9 Å². The second-order valence-electron chi connectivity index (χ2n) is 17.9. The van der Waals surface area contributed by atoms with Crippen LogP contribution < -0.4 is 21.2 Å². The van der Waals surface area contributed by atoms with Gasteiger partial charge in [-0.25, -0.2) is 23.1 Å². The lowest BCUT2D eigenvalue weighted by Crippen LogP contribution is -2.46. The Bertz CT molecular complexity index is 2680. The molecule has 4 aromatic heterocycles. The SMILES string of the molecule is CC[C@@H]1CN(c2ccn3ncc(C(=O)Nc4cn([C@H]5CC[C@H](CN6CCC(CC#Cc7cccc8c7n(C)c(=O)n8C7CCC(=O)NC7=O)CC6)CC5)nc4C(F)F)c3n2)C[C@H](C)O1. The number of halogens is 2. The van der Waals surface area contributed by atoms with Gasteiger partial charge in [-0.2, -0.15) is 10.2 Å². The number of nitrogens with one attached hydrogen (secondary N) is 2. The number of hydrogen-bond donors (Lipinski definition) is 2. The number of fused-ring (bicyclic) bond motifs is 2. The third kappa shape index (κ3) is 8.79. The number of aryl methyl sites for hydroxylation is 1. The van der Waals surface area contributed by atoms with Gasteiger partial charge in [-0.15, -0.1) is 0 Å². The van der Waals surface area contributed by atoms with Crippen molar-refractivity contribution in [3.05, 3.63) is 70.2 Å². The molecule has 2 N–H and O–H groups in total. The maximum atomic E-state index is 14.3. The predicted octanol–water partition coefficient (Wildman–Crippen LogP) is 5.64. The Balaban J connectivity index is 0.771. The molecule has 0 radical (unpaired) electrons. The van der Waals surface area contributed by atoms with E-state index in [0.717, 1.165) is 76.6 Å². The molecular formula is C46H55F2N11O5. The van der Waals surface area contributed by atoms with Crippen molar-refractivity contribution >= 4 is 45.9 Å². The summed E-state index contributed by atoms with van der Waals surface area (Å²) >= 11 is 0. The van der Waals surface area contributed by atoms with Crippen LogP contribution in [0.3, 0.4) is 0 Å². The monoisotopic (exact) mass is 879 g/mol. The first-order valence-corrected chi connectivity index (χ1v) is 22.6. The molecule has 1 unspecified atom stereocenters. The van der Waals surface area contributed by atoms with E-state index in [-0.39, 0.29) is 53.9 Å². The molecule has 3 saturated heterocycles. The molecule has 7 heterocycles. The van der Waals surface area contributed by atoms with Crippen molar-refractivity contribution in [3.8, 4) is 11.8 Å². The van der Waals surface area contributed by atoms with Crippen molar-refractivity contribution in [2.24, 2.45) is 18.9 Å². The summed E-state index contributed by atoms with van der Waals surface area (Å²) in [5, 5.41) is 13.7. The number of ether oxygens (including phenoxy) is 1. The summed E-state index contributed by atoms with van der Waals surface area (Å²) in [5.74, 6) is 6.98. The molecule has 5 aromatic rings. The van der Waals surface area contributed by atoms with Gasteiger partial charge in [-0.3, -0.25) is 33.5 Å². The average molecular weight is 880 g/mol. The third-order valence-corrected chi connectivity index (χ3v) is 13.6. The maximum absolute atomic E-state index is 14.3. The summed E-state index contributed by atoms with van der Waals surface area (Å²) in [6.45, 7) is 8.41.